The van der Waals surface area contributed by atoms with Gasteiger partial charge in [-0.15, -0.1) is 0 Å². The molecule has 2 heterocycles. The monoisotopic (exact) mass is 114 g/mol. The summed E-state index contributed by atoms with van der Waals surface area (Å²) < 4.78 is 5.33. The molecule has 46 valence electrons. The van der Waals surface area contributed by atoms with Crippen LogP contribution < -0.4 is 0 Å². The summed E-state index contributed by atoms with van der Waals surface area (Å²) in [5, 5.41) is 9.09. The maximum Gasteiger partial charge on any atom is 0.0839 e. The molecule has 0 saturated carbocycles. The molecule has 0 radical (unpaired) electrons. The molecule has 2 rings (SSSR count). The first-order valence-corrected chi connectivity index (χ1v) is 3.20. The molecule has 8 heavy (non-hydrogen) atoms. The van der Waals surface area contributed by atoms with E-state index in [0.717, 1.165) is 12.8 Å². The molecule has 2 bridgehead atoms. The third-order valence-corrected chi connectivity index (χ3v) is 2.07. The van der Waals surface area contributed by atoms with E-state index < -0.39 is 0 Å². The average molecular weight is 114 g/mol. The Bertz CT molecular complexity index is 101. The molecule has 2 aliphatic rings. The van der Waals surface area contributed by atoms with Crippen molar-refractivity contribution >= 4 is 0 Å². The number of hydrogen-bond donors (Lipinski definition) is 1. The van der Waals surface area contributed by atoms with Gasteiger partial charge in [0, 0.05) is 6.42 Å². The summed E-state index contributed by atoms with van der Waals surface area (Å²) in [5.74, 6) is 0. The second-order valence-electron chi connectivity index (χ2n) is 2.68. The predicted octanol–water partition coefficient (Wildman–Crippen LogP) is 0.299. The van der Waals surface area contributed by atoms with Crippen molar-refractivity contribution in [3.05, 3.63) is 0 Å². The maximum atomic E-state index is 9.09. The largest absolute Gasteiger partial charge is 0.390 e. The Kier molecular flexibility index (Phi) is 0.866. The van der Waals surface area contributed by atoms with Crippen molar-refractivity contribution in [3.63, 3.8) is 0 Å². The molecule has 0 amide bonds. The minimum atomic E-state index is -0.145. The van der Waals surface area contributed by atoms with Gasteiger partial charge in [0.1, 0.15) is 0 Å². The second kappa shape index (κ2) is 1.45. The van der Waals surface area contributed by atoms with Crippen molar-refractivity contribution in [1.29, 1.82) is 0 Å². The molecule has 0 spiro atoms. The molecule has 0 aromatic rings. The Morgan fingerprint density at radius 1 is 1.38 bits per heavy atom. The van der Waals surface area contributed by atoms with Crippen molar-refractivity contribution in [2.45, 2.75) is 37.6 Å². The van der Waals surface area contributed by atoms with Crippen LogP contribution in [-0.2, 0) is 4.74 Å². The fourth-order valence-corrected chi connectivity index (χ4v) is 1.61. The molecule has 2 aliphatic heterocycles. The number of rotatable bonds is 0. The number of aliphatic hydroxyl groups excluding tert-OH is 1. The highest BCUT2D eigenvalue weighted by Gasteiger charge is 2.39. The summed E-state index contributed by atoms with van der Waals surface area (Å²) >= 11 is 0. The predicted molar refractivity (Wildman–Crippen MR) is 28.5 cm³/mol. The number of ether oxygens (including phenoxy) is 1. The maximum absolute atomic E-state index is 9.09. The van der Waals surface area contributed by atoms with E-state index in [2.05, 4.69) is 0 Å². The van der Waals surface area contributed by atoms with E-state index in [1.54, 1.807) is 0 Å². The highest BCUT2D eigenvalue weighted by atomic mass is 16.5. The van der Waals surface area contributed by atoms with Gasteiger partial charge >= 0.3 is 0 Å². The lowest BCUT2D eigenvalue weighted by atomic mass is 9.98. The van der Waals surface area contributed by atoms with Crippen LogP contribution in [0.4, 0.5) is 0 Å². The average Bonchev–Trinajstić information content (AvgIpc) is 2.23. The minimum Gasteiger partial charge on any atom is -0.390 e. The summed E-state index contributed by atoms with van der Waals surface area (Å²) in [6.45, 7) is 0. The summed E-state index contributed by atoms with van der Waals surface area (Å²) in [6.07, 6.45) is 3.57. The fraction of sp³-hybridized carbons (Fsp3) is 1.00. The summed E-state index contributed by atoms with van der Waals surface area (Å²) in [6, 6.07) is 0. The van der Waals surface area contributed by atoms with E-state index in [9.17, 15) is 0 Å². The zero-order valence-corrected chi connectivity index (χ0v) is 4.71. The first-order valence-electron chi connectivity index (χ1n) is 3.20. The van der Waals surface area contributed by atoms with Gasteiger partial charge in [-0.1, -0.05) is 0 Å². The van der Waals surface area contributed by atoms with E-state index in [0.29, 0.717) is 6.10 Å². The van der Waals surface area contributed by atoms with Gasteiger partial charge in [0.2, 0.25) is 0 Å². The highest BCUT2D eigenvalue weighted by Crippen LogP contribution is 2.33. The summed E-state index contributed by atoms with van der Waals surface area (Å²) in [5.41, 5.74) is 0. The zero-order valence-electron chi connectivity index (χ0n) is 4.71. The molecule has 1 N–H and O–H groups in total. The number of hydrogen-bond acceptors (Lipinski definition) is 2. The Balaban J connectivity index is 2.11. The molecular weight excluding hydrogens is 104 g/mol. The lowest BCUT2D eigenvalue weighted by Crippen LogP contribution is -2.20. The van der Waals surface area contributed by atoms with Crippen LogP contribution in [0.15, 0.2) is 0 Å². The van der Waals surface area contributed by atoms with Crippen LogP contribution in [0, 0.1) is 0 Å². The van der Waals surface area contributed by atoms with Gasteiger partial charge in [0.25, 0.3) is 0 Å². The van der Waals surface area contributed by atoms with Crippen LogP contribution in [0.1, 0.15) is 19.3 Å². The lowest BCUT2D eigenvalue weighted by Gasteiger charge is -2.10. The van der Waals surface area contributed by atoms with Crippen LogP contribution in [0.3, 0.4) is 0 Å². The van der Waals surface area contributed by atoms with Crippen LogP contribution in [-0.4, -0.2) is 23.4 Å². The van der Waals surface area contributed by atoms with E-state index in [4.69, 9.17) is 9.84 Å². The third kappa shape index (κ3) is 0.501. The molecule has 2 nitrogen and oxygen atoms in total. The van der Waals surface area contributed by atoms with Crippen molar-refractivity contribution in [1.82, 2.24) is 0 Å². The van der Waals surface area contributed by atoms with Gasteiger partial charge in [-0.05, 0) is 12.8 Å². The van der Waals surface area contributed by atoms with Crippen LogP contribution in [0.2, 0.25) is 0 Å². The molecule has 3 atom stereocenters. The molecule has 0 aromatic carbocycles. The van der Waals surface area contributed by atoms with E-state index >= 15 is 0 Å². The molecule has 0 aliphatic carbocycles. The molecule has 0 aromatic heterocycles. The molecule has 0 unspecified atom stereocenters. The third-order valence-electron chi connectivity index (χ3n) is 2.07. The molecular formula is C6H10O2. The summed E-state index contributed by atoms with van der Waals surface area (Å²) in [7, 11) is 0. The highest BCUT2D eigenvalue weighted by molar-refractivity contribution is 4.88. The van der Waals surface area contributed by atoms with Crippen LogP contribution in [0.25, 0.3) is 0 Å². The minimum absolute atomic E-state index is 0.145. The Morgan fingerprint density at radius 2 is 2.25 bits per heavy atom. The van der Waals surface area contributed by atoms with Gasteiger partial charge in [0.15, 0.2) is 0 Å². The SMILES string of the molecule is O[C@H]1C[C@@H]2CC[C@H]1O2. The number of fused-ring (bicyclic) bond motifs is 2. The van der Waals surface area contributed by atoms with E-state index in [1.165, 1.54) is 6.42 Å². The quantitative estimate of drug-likeness (QED) is 0.490. The first kappa shape index (κ1) is 4.77. The van der Waals surface area contributed by atoms with Gasteiger partial charge in [0.05, 0.1) is 18.3 Å². The second-order valence-corrected chi connectivity index (χ2v) is 2.68. The van der Waals surface area contributed by atoms with Gasteiger partial charge in [-0.2, -0.15) is 0 Å². The van der Waals surface area contributed by atoms with Crippen molar-refractivity contribution in [2.75, 3.05) is 0 Å². The fourth-order valence-electron chi connectivity index (χ4n) is 1.61. The normalized spacial score (nSPS) is 52.9. The first-order chi connectivity index (χ1) is 3.86. The molecule has 2 heteroatoms. The Labute approximate surface area is 48.5 Å². The molecule has 2 saturated heterocycles. The van der Waals surface area contributed by atoms with Gasteiger partial charge < -0.3 is 9.84 Å². The van der Waals surface area contributed by atoms with Gasteiger partial charge in [-0.25, -0.2) is 0 Å². The van der Waals surface area contributed by atoms with Crippen molar-refractivity contribution < 1.29 is 9.84 Å². The van der Waals surface area contributed by atoms with E-state index in [-0.39, 0.29) is 12.2 Å². The number of aliphatic hydroxyl groups is 1. The van der Waals surface area contributed by atoms with Gasteiger partial charge in [-0.3, -0.25) is 0 Å². The lowest BCUT2D eigenvalue weighted by molar-refractivity contribution is 0.0536. The van der Waals surface area contributed by atoms with Crippen LogP contribution >= 0.6 is 0 Å². The zero-order chi connectivity index (χ0) is 5.56. The van der Waals surface area contributed by atoms with Crippen molar-refractivity contribution in [3.8, 4) is 0 Å². The van der Waals surface area contributed by atoms with Crippen LogP contribution in [0.5, 0.6) is 0 Å². The smallest absolute Gasteiger partial charge is 0.0839 e. The topological polar surface area (TPSA) is 29.5 Å². The van der Waals surface area contributed by atoms with E-state index in [1.807, 2.05) is 0 Å². The molecule has 2 fully saturated rings. The Morgan fingerprint density at radius 3 is 2.50 bits per heavy atom. The Hall–Kier alpha value is -0.0800. The summed E-state index contributed by atoms with van der Waals surface area (Å²) in [4.78, 5) is 0. The standard InChI is InChI=1S/C6H10O2/c7-5-3-4-1-2-6(5)8-4/h4-7H,1-3H2/t4-,5-,6+/m0/s1. The van der Waals surface area contributed by atoms with Crippen molar-refractivity contribution in [2.24, 2.45) is 0 Å².